The van der Waals surface area contributed by atoms with E-state index in [0.717, 1.165) is 25.7 Å². The Hall–Kier alpha value is -1.76. The number of fused-ring (bicyclic) bond motifs is 1. The third-order valence-corrected chi connectivity index (χ3v) is 5.31. The first-order valence-electron chi connectivity index (χ1n) is 7.61. The summed E-state index contributed by atoms with van der Waals surface area (Å²) in [5, 5.41) is 1.85. The molecule has 22 heavy (non-hydrogen) atoms. The Morgan fingerprint density at radius 2 is 1.91 bits per heavy atom. The standard InChI is InChI=1S/C15H19N3O3S/c1-17-8-9-22-15(17)16-12(19)6-7-18-13(20)10-4-2-3-5-11(10)14(18)21/h8-11H,2-7H2,1H3/t10-,11-/m0/s1. The van der Waals surface area contributed by atoms with Crippen molar-refractivity contribution in [3.8, 4) is 0 Å². The first-order chi connectivity index (χ1) is 10.6. The van der Waals surface area contributed by atoms with Crippen molar-refractivity contribution in [1.82, 2.24) is 9.47 Å². The number of aryl methyl sites for hydroxylation is 1. The number of nitrogens with zero attached hydrogens (tertiary/aromatic N) is 3. The van der Waals surface area contributed by atoms with Gasteiger partial charge in [-0.15, -0.1) is 11.3 Å². The molecule has 1 aromatic rings. The molecule has 3 amide bonds. The van der Waals surface area contributed by atoms with E-state index in [1.165, 1.54) is 16.2 Å². The Labute approximate surface area is 132 Å². The first-order valence-corrected chi connectivity index (χ1v) is 8.49. The molecule has 0 bridgehead atoms. The Balaban J connectivity index is 1.64. The molecular formula is C15H19N3O3S. The summed E-state index contributed by atoms with van der Waals surface area (Å²) in [6.07, 6.45) is 5.54. The van der Waals surface area contributed by atoms with Gasteiger partial charge in [0.2, 0.25) is 17.7 Å². The molecule has 2 fully saturated rings. The normalized spacial score (nSPS) is 25.7. The van der Waals surface area contributed by atoms with Gasteiger partial charge in [-0.25, -0.2) is 0 Å². The number of carbonyl (C=O) groups is 3. The molecule has 0 N–H and O–H groups in total. The zero-order valence-electron chi connectivity index (χ0n) is 12.5. The number of aromatic nitrogens is 1. The van der Waals surface area contributed by atoms with Gasteiger partial charge in [-0.1, -0.05) is 12.8 Å². The van der Waals surface area contributed by atoms with Crippen molar-refractivity contribution >= 4 is 29.1 Å². The lowest BCUT2D eigenvalue weighted by Gasteiger charge is -2.19. The van der Waals surface area contributed by atoms with Gasteiger partial charge in [-0.05, 0) is 12.8 Å². The van der Waals surface area contributed by atoms with Gasteiger partial charge in [-0.2, -0.15) is 4.99 Å². The molecule has 1 saturated heterocycles. The predicted molar refractivity (Wildman–Crippen MR) is 80.6 cm³/mol. The smallest absolute Gasteiger partial charge is 0.250 e. The summed E-state index contributed by atoms with van der Waals surface area (Å²) < 4.78 is 1.77. The van der Waals surface area contributed by atoms with Gasteiger partial charge in [0.15, 0.2) is 4.80 Å². The van der Waals surface area contributed by atoms with Crippen molar-refractivity contribution in [1.29, 1.82) is 0 Å². The number of imide groups is 1. The molecule has 0 unspecified atom stereocenters. The maximum Gasteiger partial charge on any atom is 0.250 e. The minimum Gasteiger partial charge on any atom is -0.327 e. The molecule has 0 radical (unpaired) electrons. The highest BCUT2D eigenvalue weighted by Gasteiger charge is 2.47. The molecule has 1 aromatic heterocycles. The van der Waals surface area contributed by atoms with Gasteiger partial charge >= 0.3 is 0 Å². The van der Waals surface area contributed by atoms with Crippen molar-refractivity contribution in [2.45, 2.75) is 32.1 Å². The lowest BCUT2D eigenvalue weighted by atomic mass is 9.81. The molecule has 7 heteroatoms. The van der Waals surface area contributed by atoms with E-state index >= 15 is 0 Å². The number of hydrogen-bond acceptors (Lipinski definition) is 4. The van der Waals surface area contributed by atoms with E-state index in [0.29, 0.717) is 4.80 Å². The number of amides is 3. The van der Waals surface area contributed by atoms with Crippen molar-refractivity contribution in [3.63, 3.8) is 0 Å². The zero-order chi connectivity index (χ0) is 15.7. The van der Waals surface area contributed by atoms with Crippen LogP contribution in [0.5, 0.6) is 0 Å². The molecule has 2 atom stereocenters. The van der Waals surface area contributed by atoms with Crippen LogP contribution in [-0.4, -0.2) is 33.7 Å². The van der Waals surface area contributed by atoms with Gasteiger partial charge in [0.05, 0.1) is 11.8 Å². The summed E-state index contributed by atoms with van der Waals surface area (Å²) >= 11 is 1.38. The fraction of sp³-hybridized carbons (Fsp3) is 0.600. The Morgan fingerprint density at radius 1 is 1.27 bits per heavy atom. The maximum absolute atomic E-state index is 12.3. The van der Waals surface area contributed by atoms with Crippen LogP contribution in [0.15, 0.2) is 16.6 Å². The highest BCUT2D eigenvalue weighted by Crippen LogP contribution is 2.37. The van der Waals surface area contributed by atoms with Gasteiger partial charge in [-0.3, -0.25) is 19.3 Å². The van der Waals surface area contributed by atoms with Crippen LogP contribution in [0.1, 0.15) is 32.1 Å². The predicted octanol–water partition coefficient (Wildman–Crippen LogP) is 1.08. The summed E-state index contributed by atoms with van der Waals surface area (Å²) in [6.45, 7) is 0.155. The lowest BCUT2D eigenvalue weighted by Crippen LogP contribution is -2.33. The first kappa shape index (κ1) is 15.1. The fourth-order valence-electron chi connectivity index (χ4n) is 3.26. The number of hydrogen-bond donors (Lipinski definition) is 0. The monoisotopic (exact) mass is 321 g/mol. The van der Waals surface area contributed by atoms with E-state index in [9.17, 15) is 14.4 Å². The van der Waals surface area contributed by atoms with Crippen molar-refractivity contribution in [3.05, 3.63) is 16.4 Å². The minimum atomic E-state index is -0.298. The second kappa shape index (κ2) is 6.16. The molecule has 1 saturated carbocycles. The number of rotatable bonds is 3. The molecule has 118 valence electrons. The van der Waals surface area contributed by atoms with Crippen LogP contribution < -0.4 is 4.80 Å². The fourth-order valence-corrected chi connectivity index (χ4v) is 4.00. The van der Waals surface area contributed by atoms with E-state index in [4.69, 9.17) is 0 Å². The van der Waals surface area contributed by atoms with Crippen molar-refractivity contribution in [2.75, 3.05) is 6.54 Å². The molecule has 0 aromatic carbocycles. The van der Waals surface area contributed by atoms with E-state index in [1.807, 2.05) is 18.6 Å². The largest absolute Gasteiger partial charge is 0.327 e. The maximum atomic E-state index is 12.3. The van der Waals surface area contributed by atoms with Crippen molar-refractivity contribution in [2.24, 2.45) is 23.9 Å². The minimum absolute atomic E-state index is 0.0921. The summed E-state index contributed by atoms with van der Waals surface area (Å²) in [5.41, 5.74) is 0. The second-order valence-corrected chi connectivity index (χ2v) is 6.75. The van der Waals surface area contributed by atoms with Gasteiger partial charge in [0, 0.05) is 31.6 Å². The average molecular weight is 321 g/mol. The summed E-state index contributed by atoms with van der Waals surface area (Å²) in [6, 6.07) is 0. The van der Waals surface area contributed by atoms with Crippen LogP contribution in [0, 0.1) is 11.8 Å². The molecule has 0 spiro atoms. The van der Waals surface area contributed by atoms with E-state index in [1.54, 1.807) is 4.57 Å². The number of likely N-dealkylation sites (tertiary alicyclic amines) is 1. The van der Waals surface area contributed by atoms with Crippen LogP contribution in [0.2, 0.25) is 0 Å². The lowest BCUT2D eigenvalue weighted by molar-refractivity contribution is -0.140. The van der Waals surface area contributed by atoms with Gasteiger partial charge in [0.25, 0.3) is 0 Å². The third kappa shape index (κ3) is 2.77. The molecule has 6 nitrogen and oxygen atoms in total. The highest BCUT2D eigenvalue weighted by molar-refractivity contribution is 7.07. The van der Waals surface area contributed by atoms with Gasteiger partial charge < -0.3 is 4.57 Å². The summed E-state index contributed by atoms with van der Waals surface area (Å²) in [4.78, 5) is 42.4. The molecule has 2 heterocycles. The zero-order valence-corrected chi connectivity index (χ0v) is 13.3. The van der Waals surface area contributed by atoms with E-state index < -0.39 is 0 Å². The van der Waals surface area contributed by atoms with Crippen LogP contribution >= 0.6 is 11.3 Å². The highest BCUT2D eigenvalue weighted by atomic mass is 32.1. The van der Waals surface area contributed by atoms with Crippen LogP contribution in [0.25, 0.3) is 0 Å². The quantitative estimate of drug-likeness (QED) is 0.782. The molecule has 3 rings (SSSR count). The summed E-state index contributed by atoms with van der Waals surface area (Å²) in [5.74, 6) is -0.784. The average Bonchev–Trinajstić information content (AvgIpc) is 3.01. The topological polar surface area (TPSA) is 71.7 Å². The molecule has 2 aliphatic rings. The van der Waals surface area contributed by atoms with Crippen LogP contribution in [0.3, 0.4) is 0 Å². The van der Waals surface area contributed by atoms with Crippen LogP contribution in [0.4, 0.5) is 0 Å². The van der Waals surface area contributed by atoms with E-state index in [-0.39, 0.29) is 42.5 Å². The summed E-state index contributed by atoms with van der Waals surface area (Å²) in [7, 11) is 1.82. The SMILES string of the molecule is Cn1ccsc1=NC(=O)CCN1C(=O)[C@H]2CCCC[C@@H]2C1=O. The Bertz CT molecular complexity index is 652. The second-order valence-electron chi connectivity index (χ2n) is 5.88. The molecule has 1 aliphatic carbocycles. The molecular weight excluding hydrogens is 302 g/mol. The van der Waals surface area contributed by atoms with Crippen LogP contribution in [-0.2, 0) is 21.4 Å². The van der Waals surface area contributed by atoms with Crippen molar-refractivity contribution < 1.29 is 14.4 Å². The Kier molecular flexibility index (Phi) is 4.24. The van der Waals surface area contributed by atoms with Gasteiger partial charge in [0.1, 0.15) is 0 Å². The third-order valence-electron chi connectivity index (χ3n) is 4.46. The Morgan fingerprint density at radius 3 is 2.45 bits per heavy atom. The number of thiazole rings is 1. The molecule has 1 aliphatic heterocycles. The number of carbonyl (C=O) groups excluding carboxylic acids is 3. The van der Waals surface area contributed by atoms with E-state index in [2.05, 4.69) is 4.99 Å².